The molecule has 0 radical (unpaired) electrons. The van der Waals surface area contributed by atoms with Gasteiger partial charge in [0.05, 0.1) is 11.7 Å². The van der Waals surface area contributed by atoms with Crippen LogP contribution in [0.25, 0.3) is 0 Å². The topological polar surface area (TPSA) is 24.9 Å². The third-order valence-electron chi connectivity index (χ3n) is 3.24. The molecule has 0 saturated carbocycles. The van der Waals surface area contributed by atoms with E-state index in [1.807, 2.05) is 30.1 Å². The lowest BCUT2D eigenvalue weighted by molar-refractivity contribution is 0.512. The Kier molecular flexibility index (Phi) is 6.09. The molecule has 0 aliphatic carbocycles. The van der Waals surface area contributed by atoms with Crippen LogP contribution in [0.4, 0.5) is 0 Å². The molecule has 0 bridgehead atoms. The minimum atomic E-state index is 0.168. The minimum Gasteiger partial charge on any atom is -0.305 e. The Bertz CT molecular complexity index is 447. The highest BCUT2D eigenvalue weighted by atomic mass is 32.2. The van der Waals surface area contributed by atoms with E-state index in [9.17, 15) is 0 Å². The normalized spacial score (nSPS) is 13.9. The van der Waals surface area contributed by atoms with Crippen LogP contribution in [-0.4, -0.2) is 23.5 Å². The molecule has 0 aliphatic heterocycles. The predicted octanol–water partition coefficient (Wildman–Crippen LogP) is 3.76. The molecule has 3 heteroatoms. The quantitative estimate of drug-likeness (QED) is 0.839. The molecule has 0 spiro atoms. The summed E-state index contributed by atoms with van der Waals surface area (Å²) >= 11 is 1.90. The summed E-state index contributed by atoms with van der Waals surface area (Å²) in [6.07, 6.45) is 4.02. The van der Waals surface area contributed by atoms with Crippen molar-refractivity contribution in [3.05, 3.63) is 66.0 Å². The van der Waals surface area contributed by atoms with E-state index >= 15 is 0 Å². The highest BCUT2D eigenvalue weighted by molar-refractivity contribution is 7.98. The fourth-order valence-electron chi connectivity index (χ4n) is 2.25. The van der Waals surface area contributed by atoms with Crippen molar-refractivity contribution in [3.8, 4) is 0 Å². The van der Waals surface area contributed by atoms with Crippen LogP contribution in [-0.2, 0) is 0 Å². The molecular formula is C17H22N2S. The van der Waals surface area contributed by atoms with Gasteiger partial charge in [-0.2, -0.15) is 11.8 Å². The third-order valence-corrected chi connectivity index (χ3v) is 4.14. The second kappa shape index (κ2) is 8.08. The van der Waals surface area contributed by atoms with Gasteiger partial charge in [-0.15, -0.1) is 0 Å². The molecule has 0 fully saturated rings. The number of nitrogens with one attached hydrogen (secondary N) is 1. The van der Waals surface area contributed by atoms with Crippen molar-refractivity contribution in [2.75, 3.05) is 18.6 Å². The first-order valence-corrected chi connectivity index (χ1v) is 8.39. The number of hydrogen-bond acceptors (Lipinski definition) is 3. The van der Waals surface area contributed by atoms with Crippen molar-refractivity contribution < 1.29 is 0 Å². The summed E-state index contributed by atoms with van der Waals surface area (Å²) in [6.45, 7) is 3.28. The monoisotopic (exact) mass is 286 g/mol. The van der Waals surface area contributed by atoms with Gasteiger partial charge in [-0.1, -0.05) is 43.3 Å². The molecule has 2 aromatic rings. The summed E-state index contributed by atoms with van der Waals surface area (Å²) in [6, 6.07) is 16.8. The lowest BCUT2D eigenvalue weighted by Gasteiger charge is -2.21. The maximum atomic E-state index is 4.51. The average molecular weight is 286 g/mol. The molecule has 0 amide bonds. The van der Waals surface area contributed by atoms with Crippen molar-refractivity contribution >= 4 is 11.8 Å². The van der Waals surface area contributed by atoms with Crippen molar-refractivity contribution in [1.29, 1.82) is 0 Å². The van der Waals surface area contributed by atoms with Crippen molar-refractivity contribution in [1.82, 2.24) is 10.3 Å². The van der Waals surface area contributed by atoms with Crippen molar-refractivity contribution in [3.63, 3.8) is 0 Å². The summed E-state index contributed by atoms with van der Waals surface area (Å²) in [7, 11) is 0. The molecule has 1 aromatic carbocycles. The van der Waals surface area contributed by atoms with Crippen LogP contribution in [0.3, 0.4) is 0 Å². The highest BCUT2D eigenvalue weighted by Crippen LogP contribution is 2.20. The zero-order chi connectivity index (χ0) is 14.2. The number of aromatic nitrogens is 1. The van der Waals surface area contributed by atoms with Crippen molar-refractivity contribution in [2.45, 2.75) is 13.0 Å². The first-order valence-electron chi connectivity index (χ1n) is 6.99. The van der Waals surface area contributed by atoms with E-state index in [2.05, 4.69) is 59.9 Å². The fourth-order valence-corrected chi connectivity index (χ4v) is 2.93. The second-order valence-electron chi connectivity index (χ2n) is 5.07. The standard InChI is InChI=1S/C17H22N2S/c1-14(13-20-2)12-19-17(15-8-4-3-5-9-15)16-10-6-7-11-18-16/h3-11,14,17,19H,12-13H2,1-2H3. The maximum Gasteiger partial charge on any atom is 0.0751 e. The van der Waals surface area contributed by atoms with Crippen molar-refractivity contribution in [2.24, 2.45) is 5.92 Å². The molecule has 1 heterocycles. The Hall–Kier alpha value is -1.32. The zero-order valence-corrected chi connectivity index (χ0v) is 12.9. The number of nitrogens with zero attached hydrogens (tertiary/aromatic N) is 1. The van der Waals surface area contributed by atoms with Gasteiger partial charge in [0.2, 0.25) is 0 Å². The Morgan fingerprint density at radius 2 is 1.85 bits per heavy atom. The van der Waals surface area contributed by atoms with Crippen LogP contribution in [0, 0.1) is 5.92 Å². The van der Waals surface area contributed by atoms with E-state index in [-0.39, 0.29) is 6.04 Å². The van der Waals surface area contributed by atoms with Crippen LogP contribution in [0.1, 0.15) is 24.2 Å². The predicted molar refractivity (Wildman–Crippen MR) is 88.1 cm³/mol. The molecule has 20 heavy (non-hydrogen) atoms. The summed E-state index contributed by atoms with van der Waals surface area (Å²) < 4.78 is 0. The molecule has 0 saturated heterocycles. The summed E-state index contributed by atoms with van der Waals surface area (Å²) in [5.41, 5.74) is 2.35. The SMILES string of the molecule is CSCC(C)CNC(c1ccccc1)c1ccccn1. The van der Waals surface area contributed by atoms with Gasteiger partial charge in [0.15, 0.2) is 0 Å². The smallest absolute Gasteiger partial charge is 0.0751 e. The molecule has 0 aliphatic rings. The van der Waals surface area contributed by atoms with Crippen LogP contribution < -0.4 is 5.32 Å². The minimum absolute atomic E-state index is 0.168. The number of benzene rings is 1. The molecule has 2 unspecified atom stereocenters. The van der Waals surface area contributed by atoms with Crippen LogP contribution in [0.5, 0.6) is 0 Å². The lowest BCUT2D eigenvalue weighted by Crippen LogP contribution is -2.28. The van der Waals surface area contributed by atoms with Gasteiger partial charge in [0.25, 0.3) is 0 Å². The Balaban J connectivity index is 2.13. The molecule has 106 valence electrons. The van der Waals surface area contributed by atoms with E-state index in [1.165, 1.54) is 11.3 Å². The highest BCUT2D eigenvalue weighted by Gasteiger charge is 2.15. The molecule has 2 nitrogen and oxygen atoms in total. The lowest BCUT2D eigenvalue weighted by atomic mass is 10.0. The Morgan fingerprint density at radius 1 is 1.10 bits per heavy atom. The van der Waals surface area contributed by atoms with E-state index in [1.54, 1.807) is 0 Å². The molecular weight excluding hydrogens is 264 g/mol. The van der Waals surface area contributed by atoms with Crippen LogP contribution >= 0.6 is 11.8 Å². The van der Waals surface area contributed by atoms with Crippen LogP contribution in [0.2, 0.25) is 0 Å². The summed E-state index contributed by atoms with van der Waals surface area (Å²) in [4.78, 5) is 4.51. The van der Waals surface area contributed by atoms with E-state index < -0.39 is 0 Å². The number of pyridine rings is 1. The van der Waals surface area contributed by atoms with Gasteiger partial charge < -0.3 is 5.32 Å². The maximum absolute atomic E-state index is 4.51. The average Bonchev–Trinajstić information content (AvgIpc) is 2.50. The van der Waals surface area contributed by atoms with E-state index in [4.69, 9.17) is 0 Å². The first-order chi connectivity index (χ1) is 9.81. The summed E-state index contributed by atoms with van der Waals surface area (Å²) in [5, 5.41) is 3.66. The van der Waals surface area contributed by atoms with Gasteiger partial charge in [-0.05, 0) is 42.2 Å². The number of thioether (sulfide) groups is 1. The molecule has 1 N–H and O–H groups in total. The molecule has 1 aromatic heterocycles. The summed E-state index contributed by atoms with van der Waals surface area (Å²) in [5.74, 6) is 1.83. The first kappa shape index (κ1) is 15.1. The Morgan fingerprint density at radius 3 is 2.50 bits per heavy atom. The van der Waals surface area contributed by atoms with E-state index in [0.29, 0.717) is 5.92 Å². The zero-order valence-electron chi connectivity index (χ0n) is 12.1. The third kappa shape index (κ3) is 4.36. The van der Waals surface area contributed by atoms with Gasteiger partial charge in [0.1, 0.15) is 0 Å². The number of hydrogen-bond donors (Lipinski definition) is 1. The van der Waals surface area contributed by atoms with E-state index in [0.717, 1.165) is 12.2 Å². The largest absolute Gasteiger partial charge is 0.305 e. The second-order valence-corrected chi connectivity index (χ2v) is 5.98. The number of rotatable bonds is 7. The molecule has 2 atom stereocenters. The van der Waals surface area contributed by atoms with Gasteiger partial charge >= 0.3 is 0 Å². The van der Waals surface area contributed by atoms with Gasteiger partial charge in [-0.3, -0.25) is 4.98 Å². The Labute approximate surface area is 126 Å². The van der Waals surface area contributed by atoms with Crippen LogP contribution in [0.15, 0.2) is 54.7 Å². The van der Waals surface area contributed by atoms with Gasteiger partial charge in [0, 0.05) is 6.20 Å². The van der Waals surface area contributed by atoms with Gasteiger partial charge in [-0.25, -0.2) is 0 Å². The fraction of sp³-hybridized carbons (Fsp3) is 0.353. The molecule has 2 rings (SSSR count).